The molecule has 1 aromatic rings. The minimum absolute atomic E-state index is 0.0189. The number of carbonyl (C=O) groups excluding carboxylic acids is 1. The van der Waals surface area contributed by atoms with E-state index >= 15 is 0 Å². The van der Waals surface area contributed by atoms with Gasteiger partial charge in [0.2, 0.25) is 0 Å². The molecule has 0 heterocycles. The quantitative estimate of drug-likeness (QED) is 0.536. The van der Waals surface area contributed by atoms with Crippen molar-refractivity contribution >= 4 is 13.8 Å². The van der Waals surface area contributed by atoms with Gasteiger partial charge in [-0.25, -0.2) is 4.79 Å². The van der Waals surface area contributed by atoms with E-state index in [2.05, 4.69) is 4.74 Å². The lowest BCUT2D eigenvalue weighted by Gasteiger charge is -2.03. The van der Waals surface area contributed by atoms with E-state index in [-0.39, 0.29) is 12.1 Å². The molecule has 1 aromatic carbocycles. The van der Waals surface area contributed by atoms with Gasteiger partial charge in [-0.2, -0.15) is 0 Å². The number of aromatic hydroxyl groups is 1. The van der Waals surface area contributed by atoms with Crippen molar-refractivity contribution in [1.82, 2.24) is 0 Å². The fourth-order valence-corrected chi connectivity index (χ4v) is 0.981. The number of carbonyl (C=O) groups is 1. The predicted molar refractivity (Wildman–Crippen MR) is 48.9 cm³/mol. The van der Waals surface area contributed by atoms with Gasteiger partial charge in [-0.3, -0.25) is 0 Å². The molecule has 0 saturated carbocycles. The van der Waals surface area contributed by atoms with Gasteiger partial charge in [0, 0.05) is 0 Å². The molecule has 0 aromatic heterocycles. The highest BCUT2D eigenvalue weighted by Gasteiger charge is 2.07. The number of phenols is 1. The first-order valence-electron chi connectivity index (χ1n) is 3.79. The van der Waals surface area contributed by atoms with Crippen molar-refractivity contribution in [3.05, 3.63) is 29.3 Å². The van der Waals surface area contributed by atoms with Crippen LogP contribution < -0.4 is 0 Å². The van der Waals surface area contributed by atoms with E-state index < -0.39 is 5.97 Å². The highest BCUT2D eigenvalue weighted by Crippen LogP contribution is 2.18. The summed E-state index contributed by atoms with van der Waals surface area (Å²) in [5, 5.41) is 9.35. The molecule has 0 aliphatic rings. The van der Waals surface area contributed by atoms with Crippen molar-refractivity contribution in [3.8, 4) is 5.75 Å². The van der Waals surface area contributed by atoms with Gasteiger partial charge in [0.05, 0.1) is 20.5 Å². The lowest BCUT2D eigenvalue weighted by Crippen LogP contribution is -2.01. The molecule has 3 nitrogen and oxygen atoms in total. The van der Waals surface area contributed by atoms with Crippen molar-refractivity contribution < 1.29 is 14.6 Å². The van der Waals surface area contributed by atoms with Crippen LogP contribution in [0.2, 0.25) is 0 Å². The zero-order valence-corrected chi connectivity index (χ0v) is 7.28. The number of rotatable bonds is 2. The maximum atomic E-state index is 11.0. The minimum atomic E-state index is -0.473. The van der Waals surface area contributed by atoms with Crippen LogP contribution in [-0.4, -0.2) is 26.0 Å². The highest BCUT2D eigenvalue weighted by molar-refractivity contribution is 6.08. The van der Waals surface area contributed by atoms with Crippen molar-refractivity contribution in [2.75, 3.05) is 7.11 Å². The molecule has 0 aliphatic carbocycles. The first kappa shape index (κ1) is 9.64. The predicted octanol–water partition coefficient (Wildman–Crippen LogP) is 0.847. The molecule has 0 spiro atoms. The fraction of sp³-hybridized carbons (Fsp3) is 0.222. The number of methoxy groups -OCH3 is 1. The summed E-state index contributed by atoms with van der Waals surface area (Å²) in [6.45, 7) is 0. The SMILES string of the molecule is [B]Cc1ccc(C(=O)OC)cc1O. The van der Waals surface area contributed by atoms with Crippen LogP contribution in [0.4, 0.5) is 0 Å². The zero-order valence-electron chi connectivity index (χ0n) is 7.28. The van der Waals surface area contributed by atoms with Gasteiger partial charge in [-0.05, 0) is 17.7 Å². The maximum Gasteiger partial charge on any atom is 0.337 e. The Kier molecular flexibility index (Phi) is 2.95. The maximum absolute atomic E-state index is 11.0. The second kappa shape index (κ2) is 3.98. The van der Waals surface area contributed by atoms with Crippen molar-refractivity contribution in [2.45, 2.75) is 6.32 Å². The summed E-state index contributed by atoms with van der Waals surface area (Å²) in [6, 6.07) is 4.50. The lowest BCUT2D eigenvalue weighted by molar-refractivity contribution is 0.0600. The van der Waals surface area contributed by atoms with Crippen molar-refractivity contribution in [1.29, 1.82) is 0 Å². The van der Waals surface area contributed by atoms with Crippen LogP contribution in [0.15, 0.2) is 18.2 Å². The summed E-state index contributed by atoms with van der Waals surface area (Å²) >= 11 is 0. The Morgan fingerprint density at radius 3 is 2.77 bits per heavy atom. The van der Waals surface area contributed by atoms with E-state index in [1.165, 1.54) is 13.2 Å². The average Bonchev–Trinajstić information content (AvgIpc) is 2.16. The van der Waals surface area contributed by atoms with Gasteiger partial charge >= 0.3 is 5.97 Å². The molecule has 13 heavy (non-hydrogen) atoms. The number of hydrogen-bond donors (Lipinski definition) is 1. The molecule has 0 amide bonds. The van der Waals surface area contributed by atoms with Crippen LogP contribution in [0.3, 0.4) is 0 Å². The molecule has 2 radical (unpaired) electrons. The van der Waals surface area contributed by atoms with Gasteiger partial charge < -0.3 is 9.84 Å². The van der Waals surface area contributed by atoms with Gasteiger partial charge in [-0.15, -0.1) is 0 Å². The third kappa shape index (κ3) is 2.02. The van der Waals surface area contributed by atoms with Crippen LogP contribution >= 0.6 is 0 Å². The number of esters is 1. The second-order valence-corrected chi connectivity index (χ2v) is 2.54. The van der Waals surface area contributed by atoms with Crippen LogP contribution in [0.5, 0.6) is 5.75 Å². The largest absolute Gasteiger partial charge is 0.508 e. The van der Waals surface area contributed by atoms with Gasteiger partial charge in [-0.1, -0.05) is 12.4 Å². The monoisotopic (exact) mass is 176 g/mol. The van der Waals surface area contributed by atoms with E-state index in [4.69, 9.17) is 7.85 Å². The van der Waals surface area contributed by atoms with Crippen LogP contribution in [0.25, 0.3) is 0 Å². The Hall–Kier alpha value is -1.45. The van der Waals surface area contributed by atoms with E-state index in [1.807, 2.05) is 0 Å². The van der Waals surface area contributed by atoms with Gasteiger partial charge in [0.1, 0.15) is 5.75 Å². The molecule has 0 fully saturated rings. The topological polar surface area (TPSA) is 46.5 Å². The van der Waals surface area contributed by atoms with Gasteiger partial charge in [0.25, 0.3) is 0 Å². The molecule has 4 heteroatoms. The fourth-order valence-electron chi connectivity index (χ4n) is 0.981. The molecule has 0 atom stereocenters. The standard InChI is InChI=1S/C9H9BO3/c1-13-9(12)6-2-3-7(5-10)8(11)4-6/h2-4,11H,5H2,1H3. The Balaban J connectivity index is 3.02. The summed E-state index contributed by atoms with van der Waals surface area (Å²) in [5.41, 5.74) is 0.921. The Bertz CT molecular complexity index is 323. The molecule has 0 unspecified atom stereocenters. The molecule has 0 bridgehead atoms. The third-order valence-electron chi connectivity index (χ3n) is 1.73. The number of phenolic OH excluding ortho intramolecular Hbond substituents is 1. The van der Waals surface area contributed by atoms with Crippen molar-refractivity contribution in [2.24, 2.45) is 0 Å². The average molecular weight is 176 g/mol. The zero-order chi connectivity index (χ0) is 9.84. The minimum Gasteiger partial charge on any atom is -0.508 e. The Morgan fingerprint density at radius 1 is 1.62 bits per heavy atom. The summed E-state index contributed by atoms with van der Waals surface area (Å²) in [6.07, 6.45) is 0.243. The number of ether oxygens (including phenoxy) is 1. The summed E-state index contributed by atoms with van der Waals surface area (Å²) in [4.78, 5) is 11.0. The lowest BCUT2D eigenvalue weighted by atomic mass is 9.95. The molecule has 66 valence electrons. The number of benzene rings is 1. The number of hydrogen-bond acceptors (Lipinski definition) is 3. The summed E-state index contributed by atoms with van der Waals surface area (Å²) in [5.74, 6) is -0.454. The van der Waals surface area contributed by atoms with E-state index in [0.717, 1.165) is 0 Å². The normalized spacial score (nSPS) is 9.62. The Labute approximate surface area is 77.7 Å². The van der Waals surface area contributed by atoms with Crippen LogP contribution in [-0.2, 0) is 11.1 Å². The van der Waals surface area contributed by atoms with Crippen LogP contribution in [0, 0.1) is 0 Å². The Morgan fingerprint density at radius 2 is 2.31 bits per heavy atom. The second-order valence-electron chi connectivity index (χ2n) is 2.54. The van der Waals surface area contributed by atoms with Crippen molar-refractivity contribution in [3.63, 3.8) is 0 Å². The molecule has 1 rings (SSSR count). The molecular weight excluding hydrogens is 167 g/mol. The smallest absolute Gasteiger partial charge is 0.337 e. The van der Waals surface area contributed by atoms with Gasteiger partial charge in [0.15, 0.2) is 0 Å². The third-order valence-corrected chi connectivity index (χ3v) is 1.73. The highest BCUT2D eigenvalue weighted by atomic mass is 16.5. The first-order chi connectivity index (χ1) is 6.19. The summed E-state index contributed by atoms with van der Waals surface area (Å²) < 4.78 is 4.48. The molecule has 1 N–H and O–H groups in total. The first-order valence-corrected chi connectivity index (χ1v) is 3.79. The summed E-state index contributed by atoms with van der Waals surface area (Å²) in [7, 11) is 6.62. The van der Waals surface area contributed by atoms with E-state index in [0.29, 0.717) is 11.1 Å². The molecule has 0 aliphatic heterocycles. The molecular formula is C9H9BO3. The van der Waals surface area contributed by atoms with E-state index in [1.54, 1.807) is 12.1 Å². The van der Waals surface area contributed by atoms with E-state index in [9.17, 15) is 9.90 Å². The van der Waals surface area contributed by atoms with Crippen LogP contribution in [0.1, 0.15) is 15.9 Å². The molecule has 0 saturated heterocycles.